The molecule has 0 bridgehead atoms. The molecule has 0 atom stereocenters. The number of likely N-dealkylation sites (tertiary alicyclic amines) is 1. The molecule has 0 saturated carbocycles. The number of rotatable bonds is 19. The fraction of sp³-hybridized carbons (Fsp3) is 1.00. The lowest BCUT2D eigenvalue weighted by Crippen LogP contribution is -2.39. The number of piperidine rings is 1. The maximum absolute atomic E-state index is 2.75. The Kier molecular flexibility index (Phi) is 17.5. The molecule has 0 aromatic heterocycles. The molecule has 1 saturated heterocycles. The Morgan fingerprint density at radius 1 is 0.607 bits per heavy atom. The van der Waals surface area contributed by atoms with Gasteiger partial charge >= 0.3 is 0 Å². The van der Waals surface area contributed by atoms with Gasteiger partial charge in [0.15, 0.2) is 0 Å². The molecule has 1 fully saturated rings. The summed E-state index contributed by atoms with van der Waals surface area (Å²) < 4.78 is 0. The average Bonchev–Trinajstić information content (AvgIpc) is 2.70. The molecule has 1 aliphatic heterocycles. The van der Waals surface area contributed by atoms with E-state index in [0.29, 0.717) is 0 Å². The zero-order valence-electron chi connectivity index (χ0n) is 20.0. The summed E-state index contributed by atoms with van der Waals surface area (Å²) in [7, 11) is 0. The highest BCUT2D eigenvalue weighted by Crippen LogP contribution is 2.19. The maximum atomic E-state index is 2.75. The minimum absolute atomic E-state index is 0.955. The van der Waals surface area contributed by atoms with Crippen LogP contribution in [0.5, 0.6) is 0 Å². The van der Waals surface area contributed by atoms with Gasteiger partial charge in [-0.1, -0.05) is 91.4 Å². The molecule has 0 aliphatic carbocycles. The summed E-state index contributed by atoms with van der Waals surface area (Å²) in [6.07, 6.45) is 23.0. The van der Waals surface area contributed by atoms with Gasteiger partial charge in [0, 0.05) is 6.54 Å². The standard InChI is InChI=1S/C26H54N2/c1-4-7-8-9-10-11-12-13-14-15-16-17-22-27-23-18-26(19-24-27)25-28(20-5-2)21-6-3/h26H,4-25H2,1-3H3. The molecule has 0 aromatic rings. The molecule has 1 heterocycles. The molecular formula is C26H54N2. The fourth-order valence-electron chi connectivity index (χ4n) is 4.86. The number of unbranched alkanes of at least 4 members (excludes halogenated alkanes) is 11. The van der Waals surface area contributed by atoms with E-state index in [1.54, 1.807) is 0 Å². The smallest absolute Gasteiger partial charge is 0.00106 e. The molecule has 28 heavy (non-hydrogen) atoms. The quantitative estimate of drug-likeness (QED) is 0.209. The summed E-state index contributed by atoms with van der Waals surface area (Å²) in [6, 6.07) is 0. The minimum Gasteiger partial charge on any atom is -0.303 e. The Bertz CT molecular complexity index is 304. The first-order chi connectivity index (χ1) is 13.8. The van der Waals surface area contributed by atoms with Crippen molar-refractivity contribution in [2.75, 3.05) is 39.3 Å². The molecule has 1 aliphatic rings. The molecule has 168 valence electrons. The van der Waals surface area contributed by atoms with Crippen LogP contribution in [0.4, 0.5) is 0 Å². The van der Waals surface area contributed by atoms with E-state index >= 15 is 0 Å². The predicted molar refractivity (Wildman–Crippen MR) is 127 cm³/mol. The van der Waals surface area contributed by atoms with Crippen molar-refractivity contribution in [1.29, 1.82) is 0 Å². The van der Waals surface area contributed by atoms with E-state index in [9.17, 15) is 0 Å². The van der Waals surface area contributed by atoms with Crippen LogP contribution in [0.2, 0.25) is 0 Å². The summed E-state index contributed by atoms with van der Waals surface area (Å²) in [5.74, 6) is 0.955. The van der Waals surface area contributed by atoms with E-state index < -0.39 is 0 Å². The van der Waals surface area contributed by atoms with Crippen molar-refractivity contribution >= 4 is 0 Å². The van der Waals surface area contributed by atoms with Crippen molar-refractivity contribution in [2.24, 2.45) is 5.92 Å². The zero-order chi connectivity index (χ0) is 20.3. The van der Waals surface area contributed by atoms with Gasteiger partial charge in [-0.3, -0.25) is 0 Å². The first kappa shape index (κ1) is 26.0. The van der Waals surface area contributed by atoms with Crippen molar-refractivity contribution in [3.8, 4) is 0 Å². The average molecular weight is 395 g/mol. The number of hydrogen-bond acceptors (Lipinski definition) is 2. The second-order valence-electron chi connectivity index (χ2n) is 9.47. The second-order valence-corrected chi connectivity index (χ2v) is 9.47. The summed E-state index contributed by atoms with van der Waals surface area (Å²) in [6.45, 7) is 15.0. The zero-order valence-corrected chi connectivity index (χ0v) is 20.0. The van der Waals surface area contributed by atoms with Gasteiger partial charge in [0.2, 0.25) is 0 Å². The molecule has 0 N–H and O–H groups in total. The highest BCUT2D eigenvalue weighted by molar-refractivity contribution is 4.75. The molecule has 0 unspecified atom stereocenters. The van der Waals surface area contributed by atoms with E-state index in [-0.39, 0.29) is 0 Å². The Labute approximate surface area is 178 Å². The van der Waals surface area contributed by atoms with Crippen LogP contribution in [0.1, 0.15) is 124 Å². The summed E-state index contributed by atoms with van der Waals surface area (Å²) in [5, 5.41) is 0. The fourth-order valence-corrected chi connectivity index (χ4v) is 4.86. The Morgan fingerprint density at radius 3 is 1.54 bits per heavy atom. The number of hydrogen-bond donors (Lipinski definition) is 0. The van der Waals surface area contributed by atoms with Gasteiger partial charge in [-0.05, 0) is 70.7 Å². The highest BCUT2D eigenvalue weighted by atomic mass is 15.1. The van der Waals surface area contributed by atoms with E-state index in [1.165, 1.54) is 142 Å². The SMILES string of the molecule is CCCCCCCCCCCCCCN1CCC(CN(CCC)CCC)CC1. The molecular weight excluding hydrogens is 340 g/mol. The normalized spacial score (nSPS) is 16.3. The van der Waals surface area contributed by atoms with Crippen molar-refractivity contribution in [1.82, 2.24) is 9.80 Å². The van der Waals surface area contributed by atoms with Crippen molar-refractivity contribution in [2.45, 2.75) is 124 Å². The highest BCUT2D eigenvalue weighted by Gasteiger charge is 2.20. The van der Waals surface area contributed by atoms with Gasteiger partial charge in [-0.25, -0.2) is 0 Å². The first-order valence-electron chi connectivity index (χ1n) is 13.2. The van der Waals surface area contributed by atoms with Gasteiger partial charge < -0.3 is 9.80 Å². The molecule has 0 spiro atoms. The first-order valence-corrected chi connectivity index (χ1v) is 13.2. The van der Waals surface area contributed by atoms with E-state index in [0.717, 1.165) is 5.92 Å². The van der Waals surface area contributed by atoms with Gasteiger partial charge in [-0.2, -0.15) is 0 Å². The maximum Gasteiger partial charge on any atom is 0.00106 e. The third-order valence-corrected chi connectivity index (χ3v) is 6.63. The van der Waals surface area contributed by atoms with Crippen molar-refractivity contribution < 1.29 is 0 Å². The summed E-state index contributed by atoms with van der Waals surface area (Å²) in [5.41, 5.74) is 0. The van der Waals surface area contributed by atoms with E-state index in [4.69, 9.17) is 0 Å². The lowest BCUT2D eigenvalue weighted by atomic mass is 9.95. The Hall–Kier alpha value is -0.0800. The van der Waals surface area contributed by atoms with Crippen LogP contribution in [0.25, 0.3) is 0 Å². The van der Waals surface area contributed by atoms with Crippen molar-refractivity contribution in [3.05, 3.63) is 0 Å². The van der Waals surface area contributed by atoms with E-state index in [1.807, 2.05) is 0 Å². The van der Waals surface area contributed by atoms with E-state index in [2.05, 4.69) is 30.6 Å². The largest absolute Gasteiger partial charge is 0.303 e. The van der Waals surface area contributed by atoms with Crippen LogP contribution in [-0.4, -0.2) is 49.1 Å². The molecule has 2 heteroatoms. The topological polar surface area (TPSA) is 6.48 Å². The van der Waals surface area contributed by atoms with Gasteiger partial charge in [0.1, 0.15) is 0 Å². The van der Waals surface area contributed by atoms with Crippen LogP contribution < -0.4 is 0 Å². The van der Waals surface area contributed by atoms with Crippen LogP contribution in [-0.2, 0) is 0 Å². The lowest BCUT2D eigenvalue weighted by Gasteiger charge is -2.35. The molecule has 0 radical (unpaired) electrons. The predicted octanol–water partition coefficient (Wildman–Crippen LogP) is 7.52. The lowest BCUT2D eigenvalue weighted by molar-refractivity contribution is 0.141. The summed E-state index contributed by atoms with van der Waals surface area (Å²) in [4.78, 5) is 5.46. The van der Waals surface area contributed by atoms with Crippen molar-refractivity contribution in [3.63, 3.8) is 0 Å². The molecule has 0 amide bonds. The Morgan fingerprint density at radius 2 is 1.07 bits per heavy atom. The molecule has 1 rings (SSSR count). The molecule has 2 nitrogen and oxygen atoms in total. The van der Waals surface area contributed by atoms with Crippen LogP contribution in [0.15, 0.2) is 0 Å². The second kappa shape index (κ2) is 18.9. The third-order valence-electron chi connectivity index (χ3n) is 6.63. The third kappa shape index (κ3) is 14.0. The van der Waals surface area contributed by atoms with Gasteiger partial charge in [-0.15, -0.1) is 0 Å². The monoisotopic (exact) mass is 394 g/mol. The van der Waals surface area contributed by atoms with Crippen LogP contribution in [0.3, 0.4) is 0 Å². The molecule has 0 aromatic carbocycles. The summed E-state index contributed by atoms with van der Waals surface area (Å²) >= 11 is 0. The van der Waals surface area contributed by atoms with Gasteiger partial charge in [0.25, 0.3) is 0 Å². The minimum atomic E-state index is 0.955. The van der Waals surface area contributed by atoms with Gasteiger partial charge in [0.05, 0.1) is 0 Å². The van der Waals surface area contributed by atoms with Crippen LogP contribution in [0, 0.1) is 5.92 Å². The Balaban J connectivity index is 1.90. The number of nitrogens with zero attached hydrogens (tertiary/aromatic N) is 2. The van der Waals surface area contributed by atoms with Crippen LogP contribution >= 0.6 is 0 Å².